The highest BCUT2D eigenvalue weighted by molar-refractivity contribution is 7.13. The van der Waals surface area contributed by atoms with E-state index in [-0.39, 0.29) is 24.5 Å². The highest BCUT2D eigenvalue weighted by Crippen LogP contribution is 2.35. The van der Waals surface area contributed by atoms with Crippen molar-refractivity contribution in [3.05, 3.63) is 53.1 Å². The molecule has 140 valence electrons. The molecule has 1 unspecified atom stereocenters. The zero-order valence-corrected chi connectivity index (χ0v) is 15.8. The molecule has 1 aromatic carbocycles. The third kappa shape index (κ3) is 3.67. The van der Waals surface area contributed by atoms with Crippen molar-refractivity contribution in [3.63, 3.8) is 0 Å². The highest BCUT2D eigenvalue weighted by Gasteiger charge is 2.21. The van der Waals surface area contributed by atoms with Gasteiger partial charge in [0, 0.05) is 12.6 Å². The molecule has 0 saturated heterocycles. The number of rotatable bonds is 6. The monoisotopic (exact) mass is 385 g/mol. The largest absolute Gasteiger partial charge is 0.454 e. The number of hydrogen-bond donors (Lipinski definition) is 1. The first-order chi connectivity index (χ1) is 13.1. The lowest BCUT2D eigenvalue weighted by atomic mass is 10.1. The summed E-state index contributed by atoms with van der Waals surface area (Å²) >= 11 is 1.55. The highest BCUT2D eigenvalue weighted by atomic mass is 32.1. The first kappa shape index (κ1) is 17.6. The minimum absolute atomic E-state index is 0.0249. The maximum absolute atomic E-state index is 12.5. The number of likely N-dealkylation sites (N-methyl/N-ethyl adjacent to an activating group) is 1. The first-order valence-electron chi connectivity index (χ1n) is 8.46. The van der Waals surface area contributed by atoms with Crippen LogP contribution in [0.2, 0.25) is 0 Å². The van der Waals surface area contributed by atoms with Gasteiger partial charge in [0.15, 0.2) is 11.5 Å². The Hall–Kier alpha value is -2.84. The Bertz CT molecular complexity index is 936. The Morgan fingerprint density at radius 3 is 2.89 bits per heavy atom. The van der Waals surface area contributed by atoms with Gasteiger partial charge in [0.2, 0.25) is 12.6 Å². The predicted octanol–water partition coefficient (Wildman–Crippen LogP) is 3.16. The molecule has 0 bridgehead atoms. The molecule has 4 rings (SSSR count). The number of nitrogens with zero attached hydrogens (tertiary/aromatic N) is 2. The molecule has 1 amide bonds. The van der Waals surface area contributed by atoms with Gasteiger partial charge in [0.25, 0.3) is 5.91 Å². The van der Waals surface area contributed by atoms with E-state index >= 15 is 0 Å². The summed E-state index contributed by atoms with van der Waals surface area (Å²) in [4.78, 5) is 15.5. The van der Waals surface area contributed by atoms with E-state index in [0.29, 0.717) is 12.2 Å². The van der Waals surface area contributed by atoms with E-state index in [2.05, 4.69) is 10.5 Å². The molecule has 1 atom stereocenters. The van der Waals surface area contributed by atoms with Crippen molar-refractivity contribution in [2.45, 2.75) is 6.04 Å². The van der Waals surface area contributed by atoms with E-state index in [4.69, 9.17) is 14.0 Å². The number of aromatic nitrogens is 1. The summed E-state index contributed by atoms with van der Waals surface area (Å²) in [5.41, 5.74) is 1.69. The van der Waals surface area contributed by atoms with Gasteiger partial charge >= 0.3 is 0 Å². The number of ether oxygens (including phenoxy) is 2. The van der Waals surface area contributed by atoms with Crippen LogP contribution in [0, 0.1) is 0 Å². The van der Waals surface area contributed by atoms with Gasteiger partial charge in [-0.3, -0.25) is 4.79 Å². The van der Waals surface area contributed by atoms with Gasteiger partial charge in [0.05, 0.1) is 10.9 Å². The number of carbonyl (C=O) groups excluding carboxylic acids is 1. The maximum Gasteiger partial charge on any atom is 0.289 e. The van der Waals surface area contributed by atoms with Crippen LogP contribution in [0.3, 0.4) is 0 Å². The zero-order valence-electron chi connectivity index (χ0n) is 15.0. The summed E-state index contributed by atoms with van der Waals surface area (Å²) in [7, 11) is 3.93. The van der Waals surface area contributed by atoms with E-state index < -0.39 is 0 Å². The molecule has 0 saturated carbocycles. The summed E-state index contributed by atoms with van der Waals surface area (Å²) in [5.74, 6) is 1.36. The average Bonchev–Trinajstić information content (AvgIpc) is 3.40. The number of benzene rings is 1. The topological polar surface area (TPSA) is 76.8 Å². The minimum atomic E-state index is -0.294. The maximum atomic E-state index is 12.5. The summed E-state index contributed by atoms with van der Waals surface area (Å²) in [6.07, 6.45) is 0. The molecule has 0 radical (unpaired) electrons. The van der Waals surface area contributed by atoms with Crippen molar-refractivity contribution in [2.75, 3.05) is 27.4 Å². The molecule has 1 N–H and O–H groups in total. The van der Waals surface area contributed by atoms with Crippen molar-refractivity contribution >= 4 is 17.2 Å². The van der Waals surface area contributed by atoms with Crippen LogP contribution in [-0.4, -0.2) is 43.4 Å². The predicted molar refractivity (Wildman–Crippen MR) is 101 cm³/mol. The lowest BCUT2D eigenvalue weighted by Crippen LogP contribution is -2.34. The molecule has 0 fully saturated rings. The Morgan fingerprint density at radius 2 is 2.11 bits per heavy atom. The summed E-state index contributed by atoms with van der Waals surface area (Å²) in [6, 6.07) is 11.3. The van der Waals surface area contributed by atoms with Crippen LogP contribution in [-0.2, 0) is 0 Å². The van der Waals surface area contributed by atoms with Crippen LogP contribution in [0.1, 0.15) is 22.2 Å². The van der Waals surface area contributed by atoms with Crippen LogP contribution < -0.4 is 14.8 Å². The van der Waals surface area contributed by atoms with Gasteiger partial charge in [-0.15, -0.1) is 11.3 Å². The molecule has 1 aliphatic heterocycles. The minimum Gasteiger partial charge on any atom is -0.454 e. The second kappa shape index (κ2) is 7.42. The smallest absolute Gasteiger partial charge is 0.289 e. The SMILES string of the molecule is CN(C)C(CNC(=O)c1cc(-c2cccs2)no1)c1ccc2c(c1)OCO2. The van der Waals surface area contributed by atoms with Gasteiger partial charge in [-0.1, -0.05) is 17.3 Å². The van der Waals surface area contributed by atoms with E-state index in [1.54, 1.807) is 17.4 Å². The molecular weight excluding hydrogens is 366 g/mol. The standard InChI is InChI=1S/C19H19N3O4S/c1-22(2)14(12-5-6-15-16(8-12)25-11-24-15)10-20-19(23)17-9-13(21-26-17)18-4-3-7-27-18/h3-9,14H,10-11H2,1-2H3,(H,20,23). The Kier molecular flexibility index (Phi) is 4.83. The van der Waals surface area contributed by atoms with Crippen molar-refractivity contribution < 1.29 is 18.8 Å². The molecular formula is C19H19N3O4S. The molecule has 3 heterocycles. The molecule has 0 aliphatic carbocycles. The van der Waals surface area contributed by atoms with Crippen LogP contribution in [0.5, 0.6) is 11.5 Å². The van der Waals surface area contributed by atoms with Gasteiger partial charge in [0.1, 0.15) is 5.69 Å². The van der Waals surface area contributed by atoms with Crippen LogP contribution in [0.4, 0.5) is 0 Å². The van der Waals surface area contributed by atoms with Crippen molar-refractivity contribution in [1.29, 1.82) is 0 Å². The lowest BCUT2D eigenvalue weighted by Gasteiger charge is -2.25. The second-order valence-corrected chi connectivity index (χ2v) is 7.30. The number of fused-ring (bicyclic) bond motifs is 1. The fourth-order valence-corrected chi connectivity index (χ4v) is 3.60. The third-order valence-corrected chi connectivity index (χ3v) is 5.26. The Morgan fingerprint density at radius 1 is 1.26 bits per heavy atom. The summed E-state index contributed by atoms with van der Waals surface area (Å²) in [5, 5.41) is 8.85. The molecule has 2 aromatic heterocycles. The molecule has 3 aromatic rings. The van der Waals surface area contributed by atoms with Gasteiger partial charge in [-0.05, 0) is 43.2 Å². The molecule has 0 spiro atoms. The molecule has 8 heteroatoms. The van der Waals surface area contributed by atoms with Gasteiger partial charge in [-0.2, -0.15) is 0 Å². The van der Waals surface area contributed by atoms with Gasteiger partial charge in [-0.25, -0.2) is 0 Å². The summed E-state index contributed by atoms with van der Waals surface area (Å²) in [6.45, 7) is 0.654. The van der Waals surface area contributed by atoms with E-state index in [9.17, 15) is 4.79 Å². The average molecular weight is 385 g/mol. The van der Waals surface area contributed by atoms with Crippen molar-refractivity contribution in [2.24, 2.45) is 0 Å². The third-order valence-electron chi connectivity index (χ3n) is 4.37. The number of nitrogens with one attached hydrogen (secondary N) is 1. The Balaban J connectivity index is 1.44. The quantitative estimate of drug-likeness (QED) is 0.702. The number of amides is 1. The van der Waals surface area contributed by atoms with Crippen LogP contribution in [0.15, 0.2) is 46.3 Å². The van der Waals surface area contributed by atoms with E-state index in [1.165, 1.54) is 0 Å². The number of carbonyl (C=O) groups is 1. The molecule has 1 aliphatic rings. The zero-order chi connectivity index (χ0) is 18.8. The lowest BCUT2D eigenvalue weighted by molar-refractivity contribution is 0.0905. The van der Waals surface area contributed by atoms with Gasteiger partial charge < -0.3 is 24.2 Å². The van der Waals surface area contributed by atoms with Crippen molar-refractivity contribution in [3.8, 4) is 22.1 Å². The number of thiophene rings is 1. The summed E-state index contributed by atoms with van der Waals surface area (Å²) < 4.78 is 16.0. The van der Waals surface area contributed by atoms with Crippen molar-refractivity contribution in [1.82, 2.24) is 15.4 Å². The normalized spacial score (nSPS) is 13.7. The van der Waals surface area contributed by atoms with E-state index in [1.807, 2.05) is 54.7 Å². The second-order valence-electron chi connectivity index (χ2n) is 6.36. The van der Waals surface area contributed by atoms with Crippen LogP contribution in [0.25, 0.3) is 10.6 Å². The Labute approximate surface area is 160 Å². The fraction of sp³-hybridized carbons (Fsp3) is 0.263. The molecule has 27 heavy (non-hydrogen) atoms. The first-order valence-corrected chi connectivity index (χ1v) is 9.34. The van der Waals surface area contributed by atoms with E-state index in [0.717, 1.165) is 21.9 Å². The number of hydrogen-bond acceptors (Lipinski definition) is 7. The van der Waals surface area contributed by atoms with Crippen LogP contribution >= 0.6 is 11.3 Å². The fourth-order valence-electron chi connectivity index (χ4n) is 2.92. The molecule has 7 nitrogen and oxygen atoms in total.